The molecule has 1 aromatic rings. The SMILES string of the molecule is O=C(OCC1CC1)c1cc(F)c([N+](=O)[O-])cc1F. The van der Waals surface area contributed by atoms with Gasteiger partial charge in [0.15, 0.2) is 0 Å². The van der Waals surface area contributed by atoms with Gasteiger partial charge in [0.1, 0.15) is 5.82 Å². The van der Waals surface area contributed by atoms with Gasteiger partial charge >= 0.3 is 11.7 Å². The summed E-state index contributed by atoms with van der Waals surface area (Å²) in [5.41, 5.74) is -1.63. The minimum absolute atomic E-state index is 0.164. The molecule has 1 fully saturated rings. The van der Waals surface area contributed by atoms with Crippen LogP contribution < -0.4 is 0 Å². The normalized spacial score (nSPS) is 14.3. The van der Waals surface area contributed by atoms with E-state index in [1.54, 1.807) is 0 Å². The maximum Gasteiger partial charge on any atom is 0.341 e. The summed E-state index contributed by atoms with van der Waals surface area (Å²) in [4.78, 5) is 20.7. The molecule has 0 N–H and O–H groups in total. The van der Waals surface area contributed by atoms with Gasteiger partial charge < -0.3 is 4.74 Å². The molecule has 0 bridgehead atoms. The highest BCUT2D eigenvalue weighted by atomic mass is 19.1. The Bertz CT molecular complexity index is 514. The van der Waals surface area contributed by atoms with Crippen molar-refractivity contribution >= 4 is 11.7 Å². The molecular weight excluding hydrogens is 248 g/mol. The zero-order valence-corrected chi connectivity index (χ0v) is 9.19. The van der Waals surface area contributed by atoms with E-state index in [1.807, 2.05) is 0 Å². The molecule has 18 heavy (non-hydrogen) atoms. The van der Waals surface area contributed by atoms with E-state index in [2.05, 4.69) is 0 Å². The molecule has 0 saturated heterocycles. The fourth-order valence-corrected chi connectivity index (χ4v) is 1.39. The molecule has 2 rings (SSSR count). The van der Waals surface area contributed by atoms with Crippen molar-refractivity contribution < 1.29 is 23.2 Å². The molecule has 0 aliphatic heterocycles. The second kappa shape index (κ2) is 4.67. The maximum absolute atomic E-state index is 13.4. The van der Waals surface area contributed by atoms with Gasteiger partial charge in [-0.25, -0.2) is 9.18 Å². The summed E-state index contributed by atoms with van der Waals surface area (Å²) in [6, 6.07) is 0.867. The molecule has 0 spiro atoms. The fourth-order valence-electron chi connectivity index (χ4n) is 1.39. The summed E-state index contributed by atoms with van der Waals surface area (Å²) in [6.07, 6.45) is 1.90. The van der Waals surface area contributed by atoms with E-state index in [1.165, 1.54) is 0 Å². The van der Waals surface area contributed by atoms with Crippen LogP contribution in [-0.4, -0.2) is 17.5 Å². The van der Waals surface area contributed by atoms with E-state index in [9.17, 15) is 23.7 Å². The number of carbonyl (C=O) groups is 1. The standard InChI is InChI=1S/C11H9F2NO4/c12-8-4-10(14(16)17)9(13)3-7(8)11(15)18-5-6-1-2-6/h3-4,6H,1-2,5H2. The first-order valence-corrected chi connectivity index (χ1v) is 5.29. The highest BCUT2D eigenvalue weighted by Crippen LogP contribution is 2.29. The topological polar surface area (TPSA) is 69.4 Å². The first-order chi connectivity index (χ1) is 8.49. The van der Waals surface area contributed by atoms with Crippen molar-refractivity contribution in [2.75, 3.05) is 6.61 Å². The summed E-state index contributed by atoms with van der Waals surface area (Å²) in [5.74, 6) is -3.14. The average molecular weight is 257 g/mol. The van der Waals surface area contributed by atoms with Crippen molar-refractivity contribution in [2.45, 2.75) is 12.8 Å². The number of nitrogens with zero attached hydrogens (tertiary/aromatic N) is 1. The van der Waals surface area contributed by atoms with E-state index in [0.717, 1.165) is 12.8 Å². The van der Waals surface area contributed by atoms with E-state index in [-0.39, 0.29) is 6.61 Å². The summed E-state index contributed by atoms with van der Waals surface area (Å²) >= 11 is 0. The lowest BCUT2D eigenvalue weighted by molar-refractivity contribution is -0.387. The highest BCUT2D eigenvalue weighted by Gasteiger charge is 2.26. The molecule has 7 heteroatoms. The van der Waals surface area contributed by atoms with Gasteiger partial charge in [-0.2, -0.15) is 4.39 Å². The zero-order valence-electron chi connectivity index (χ0n) is 9.19. The third-order valence-corrected chi connectivity index (χ3v) is 2.60. The number of nitro benzene ring substituents is 1. The van der Waals surface area contributed by atoms with Crippen LogP contribution in [0, 0.1) is 27.7 Å². The van der Waals surface area contributed by atoms with Crippen LogP contribution in [0.2, 0.25) is 0 Å². The first kappa shape index (κ1) is 12.4. The minimum Gasteiger partial charge on any atom is -0.462 e. The van der Waals surface area contributed by atoms with E-state index in [4.69, 9.17) is 4.74 Å². The van der Waals surface area contributed by atoms with Crippen LogP contribution in [0.25, 0.3) is 0 Å². The van der Waals surface area contributed by atoms with Crippen LogP contribution in [0.4, 0.5) is 14.5 Å². The molecule has 0 aromatic heterocycles. The maximum atomic E-state index is 13.4. The number of rotatable bonds is 4. The summed E-state index contributed by atoms with van der Waals surface area (Å²) in [6.45, 7) is 0.164. The number of nitro groups is 1. The van der Waals surface area contributed by atoms with Crippen molar-refractivity contribution in [1.29, 1.82) is 0 Å². The Hall–Kier alpha value is -2.05. The third kappa shape index (κ3) is 2.61. The van der Waals surface area contributed by atoms with Crippen molar-refractivity contribution in [2.24, 2.45) is 5.92 Å². The lowest BCUT2D eigenvalue weighted by Crippen LogP contribution is -2.10. The van der Waals surface area contributed by atoms with Gasteiger partial charge in [-0.05, 0) is 24.8 Å². The molecule has 0 amide bonds. The summed E-state index contributed by atoms with van der Waals surface area (Å²) in [7, 11) is 0. The predicted octanol–water partition coefficient (Wildman–Crippen LogP) is 2.44. The molecule has 0 radical (unpaired) electrons. The number of esters is 1. The Kier molecular flexibility index (Phi) is 3.22. The molecule has 0 heterocycles. The minimum atomic E-state index is -1.26. The van der Waals surface area contributed by atoms with Crippen molar-refractivity contribution in [3.8, 4) is 0 Å². The van der Waals surface area contributed by atoms with Crippen LogP contribution in [0.15, 0.2) is 12.1 Å². The predicted molar refractivity (Wildman–Crippen MR) is 56.0 cm³/mol. The lowest BCUT2D eigenvalue weighted by Gasteiger charge is -2.05. The van der Waals surface area contributed by atoms with Crippen molar-refractivity contribution in [3.05, 3.63) is 39.4 Å². The molecule has 96 valence electrons. The average Bonchev–Trinajstić information content (AvgIpc) is 3.12. The largest absolute Gasteiger partial charge is 0.462 e. The van der Waals surface area contributed by atoms with Gasteiger partial charge in [-0.3, -0.25) is 10.1 Å². The van der Waals surface area contributed by atoms with Gasteiger partial charge in [-0.1, -0.05) is 0 Å². The number of hydrogen-bond donors (Lipinski definition) is 0. The van der Waals surface area contributed by atoms with E-state index in [0.29, 0.717) is 18.1 Å². The van der Waals surface area contributed by atoms with Crippen LogP contribution in [0.1, 0.15) is 23.2 Å². The Morgan fingerprint density at radius 2 is 2.06 bits per heavy atom. The Morgan fingerprint density at radius 1 is 1.39 bits per heavy atom. The zero-order chi connectivity index (χ0) is 13.3. The first-order valence-electron chi connectivity index (χ1n) is 5.29. The van der Waals surface area contributed by atoms with Gasteiger partial charge in [0.2, 0.25) is 5.82 Å². The quantitative estimate of drug-likeness (QED) is 0.472. The fraction of sp³-hybridized carbons (Fsp3) is 0.364. The van der Waals surface area contributed by atoms with Gasteiger partial charge in [0.25, 0.3) is 0 Å². The number of ether oxygens (including phenoxy) is 1. The smallest absolute Gasteiger partial charge is 0.341 e. The molecule has 1 aliphatic rings. The number of carbonyl (C=O) groups excluding carboxylic acids is 1. The Morgan fingerprint density at radius 3 is 2.61 bits per heavy atom. The van der Waals surface area contributed by atoms with Crippen molar-refractivity contribution in [3.63, 3.8) is 0 Å². The van der Waals surface area contributed by atoms with E-state index < -0.39 is 33.8 Å². The molecule has 0 unspecified atom stereocenters. The Labute approximate surface area is 101 Å². The van der Waals surface area contributed by atoms with Crippen LogP contribution in [-0.2, 0) is 4.74 Å². The lowest BCUT2D eigenvalue weighted by atomic mass is 10.2. The van der Waals surface area contributed by atoms with Gasteiger partial charge in [-0.15, -0.1) is 0 Å². The molecule has 1 aromatic carbocycles. The number of hydrogen-bond acceptors (Lipinski definition) is 4. The molecule has 1 aliphatic carbocycles. The number of halogens is 2. The summed E-state index contributed by atoms with van der Waals surface area (Å²) < 4.78 is 31.4. The van der Waals surface area contributed by atoms with Crippen LogP contribution in [0.3, 0.4) is 0 Å². The van der Waals surface area contributed by atoms with Crippen molar-refractivity contribution in [1.82, 2.24) is 0 Å². The monoisotopic (exact) mass is 257 g/mol. The second-order valence-electron chi connectivity index (χ2n) is 4.08. The molecule has 1 saturated carbocycles. The molecule has 5 nitrogen and oxygen atoms in total. The number of benzene rings is 1. The highest BCUT2D eigenvalue weighted by molar-refractivity contribution is 5.90. The summed E-state index contributed by atoms with van der Waals surface area (Å²) in [5, 5.41) is 10.4. The second-order valence-corrected chi connectivity index (χ2v) is 4.08. The molecular formula is C11H9F2NO4. The van der Waals surface area contributed by atoms with E-state index >= 15 is 0 Å². The molecule has 0 atom stereocenters. The Balaban J connectivity index is 2.19. The van der Waals surface area contributed by atoms with Crippen LogP contribution >= 0.6 is 0 Å². The third-order valence-electron chi connectivity index (χ3n) is 2.60. The van der Waals surface area contributed by atoms with Gasteiger partial charge in [0, 0.05) is 0 Å². The van der Waals surface area contributed by atoms with Gasteiger partial charge in [0.05, 0.1) is 23.2 Å². The van der Waals surface area contributed by atoms with Crippen LogP contribution in [0.5, 0.6) is 0 Å².